The molecule has 0 radical (unpaired) electrons. The molecule has 0 unspecified atom stereocenters. The van der Waals surface area contributed by atoms with Crippen molar-refractivity contribution in [3.05, 3.63) is 75.3 Å². The molecule has 0 spiro atoms. The summed E-state index contributed by atoms with van der Waals surface area (Å²) in [6.07, 6.45) is 3.23. The summed E-state index contributed by atoms with van der Waals surface area (Å²) in [5.41, 5.74) is 11.5. The Labute approximate surface area is 224 Å². The summed E-state index contributed by atoms with van der Waals surface area (Å²) in [5.74, 6) is 0.156. The van der Waals surface area contributed by atoms with Crippen molar-refractivity contribution in [3.8, 4) is 16.9 Å². The van der Waals surface area contributed by atoms with Gasteiger partial charge in [0.05, 0.1) is 5.02 Å². The number of nitrogens with zero attached hydrogens (tertiary/aromatic N) is 2. The summed E-state index contributed by atoms with van der Waals surface area (Å²) < 4.78 is 20.1. The van der Waals surface area contributed by atoms with Crippen molar-refractivity contribution in [1.29, 1.82) is 0 Å². The van der Waals surface area contributed by atoms with Crippen LogP contribution in [0.3, 0.4) is 0 Å². The van der Waals surface area contributed by atoms with Crippen LogP contribution in [0.2, 0.25) is 10.0 Å². The molecular weight excluding hydrogens is 514 g/mol. The molecule has 4 aromatic rings. The van der Waals surface area contributed by atoms with Crippen LogP contribution in [-0.4, -0.2) is 27.3 Å². The molecule has 0 saturated heterocycles. The Hall–Kier alpha value is -3.29. The molecule has 6 nitrogen and oxygen atoms in total. The molecule has 2 aromatic carbocycles. The van der Waals surface area contributed by atoms with Crippen molar-refractivity contribution in [2.75, 3.05) is 12.3 Å². The molecule has 2 aromatic heterocycles. The highest BCUT2D eigenvalue weighted by atomic mass is 35.5. The van der Waals surface area contributed by atoms with Crippen molar-refractivity contribution in [2.45, 2.75) is 45.8 Å². The Morgan fingerprint density at radius 3 is 2.84 bits per heavy atom. The number of hydrogen-bond donors (Lipinski definition) is 2. The lowest BCUT2D eigenvalue weighted by Gasteiger charge is -2.27. The quantitative estimate of drug-likeness (QED) is 0.256. The van der Waals surface area contributed by atoms with Gasteiger partial charge < -0.3 is 20.4 Å². The standard InChI is InChI=1S/C28H27Cl2FN4O2/c1-3-4-25(36)35-10-9-23-19(14-35)18-11-16(5-8-22(18)34-23)17-12-24(28(32)33-13-17)37-15(2)26-20(29)6-7-21(31)27(26)30/h5-8,11-13,15,34H,3-4,9-10,14H2,1-2H3,(H2,32,33)/t15-/m1/s1. The molecule has 3 N–H and O–H groups in total. The summed E-state index contributed by atoms with van der Waals surface area (Å²) in [6.45, 7) is 5.07. The molecule has 5 rings (SSSR count). The highest BCUT2D eigenvalue weighted by Gasteiger charge is 2.24. The summed E-state index contributed by atoms with van der Waals surface area (Å²) in [5, 5.41) is 1.29. The molecule has 0 bridgehead atoms. The third-order valence-electron chi connectivity index (χ3n) is 6.80. The van der Waals surface area contributed by atoms with E-state index in [1.54, 1.807) is 19.2 Å². The number of pyridine rings is 1. The third-order valence-corrected chi connectivity index (χ3v) is 7.51. The second-order valence-corrected chi connectivity index (χ2v) is 10.1. The number of anilines is 1. The third kappa shape index (κ3) is 4.86. The van der Waals surface area contributed by atoms with Gasteiger partial charge in [-0.15, -0.1) is 0 Å². The maximum absolute atomic E-state index is 14.0. The molecule has 1 aliphatic heterocycles. The zero-order valence-corrected chi connectivity index (χ0v) is 22.1. The minimum Gasteiger partial charge on any atom is -0.482 e. The zero-order valence-electron chi connectivity index (χ0n) is 20.6. The van der Waals surface area contributed by atoms with E-state index >= 15 is 0 Å². The van der Waals surface area contributed by atoms with E-state index in [1.165, 1.54) is 17.8 Å². The Kier molecular flexibility index (Phi) is 7.01. The number of halogens is 3. The second-order valence-electron chi connectivity index (χ2n) is 9.28. The van der Waals surface area contributed by atoms with Crippen molar-refractivity contribution in [1.82, 2.24) is 14.9 Å². The van der Waals surface area contributed by atoms with Gasteiger partial charge in [0.1, 0.15) is 11.9 Å². The minimum atomic E-state index is -0.666. The number of nitrogens with two attached hydrogens (primary N) is 1. The van der Waals surface area contributed by atoms with Crippen molar-refractivity contribution in [3.63, 3.8) is 0 Å². The first-order valence-electron chi connectivity index (χ1n) is 12.2. The van der Waals surface area contributed by atoms with Gasteiger partial charge in [-0.25, -0.2) is 9.37 Å². The van der Waals surface area contributed by atoms with Gasteiger partial charge in [0.25, 0.3) is 0 Å². The van der Waals surface area contributed by atoms with Gasteiger partial charge in [0.2, 0.25) is 5.91 Å². The van der Waals surface area contributed by atoms with Crippen molar-refractivity contribution >= 4 is 45.8 Å². The van der Waals surface area contributed by atoms with Crippen LogP contribution in [0.25, 0.3) is 22.0 Å². The van der Waals surface area contributed by atoms with Gasteiger partial charge >= 0.3 is 0 Å². The molecular formula is C28H27Cl2FN4O2. The van der Waals surface area contributed by atoms with E-state index in [2.05, 4.69) is 16.0 Å². The van der Waals surface area contributed by atoms with Crippen LogP contribution in [0.1, 0.15) is 49.6 Å². The lowest BCUT2D eigenvalue weighted by atomic mass is 10.00. The number of ether oxygens (including phenoxy) is 1. The first kappa shape index (κ1) is 25.4. The maximum atomic E-state index is 14.0. The predicted molar refractivity (Wildman–Crippen MR) is 145 cm³/mol. The number of aromatic amines is 1. The normalized spacial score (nSPS) is 14.0. The van der Waals surface area contributed by atoms with E-state index < -0.39 is 11.9 Å². The van der Waals surface area contributed by atoms with E-state index in [-0.39, 0.29) is 16.7 Å². The molecule has 3 heterocycles. The molecule has 0 saturated carbocycles. The van der Waals surface area contributed by atoms with Crippen molar-refractivity contribution in [2.24, 2.45) is 0 Å². The maximum Gasteiger partial charge on any atom is 0.222 e. The fraction of sp³-hybridized carbons (Fsp3) is 0.286. The van der Waals surface area contributed by atoms with E-state index in [0.717, 1.165) is 47.0 Å². The lowest BCUT2D eigenvalue weighted by molar-refractivity contribution is -0.132. The number of rotatable bonds is 6. The van der Waals surface area contributed by atoms with Gasteiger partial charge in [0.15, 0.2) is 11.6 Å². The Balaban J connectivity index is 1.46. The second kappa shape index (κ2) is 10.2. The summed E-state index contributed by atoms with van der Waals surface area (Å²) >= 11 is 12.4. The molecule has 1 amide bonds. The summed E-state index contributed by atoms with van der Waals surface area (Å²) in [4.78, 5) is 22.3. The van der Waals surface area contributed by atoms with Crippen LogP contribution in [-0.2, 0) is 17.8 Å². The number of nitrogens with one attached hydrogen (secondary N) is 1. The van der Waals surface area contributed by atoms with Gasteiger partial charge in [-0.1, -0.05) is 36.2 Å². The van der Waals surface area contributed by atoms with Crippen LogP contribution in [0.5, 0.6) is 5.75 Å². The van der Waals surface area contributed by atoms with Crippen LogP contribution in [0, 0.1) is 5.82 Å². The Morgan fingerprint density at radius 2 is 2.05 bits per heavy atom. The van der Waals surface area contributed by atoms with E-state index in [1.807, 2.05) is 24.0 Å². The minimum absolute atomic E-state index is 0.0863. The topological polar surface area (TPSA) is 84.2 Å². The zero-order chi connectivity index (χ0) is 26.3. The molecule has 0 fully saturated rings. The van der Waals surface area contributed by atoms with Crippen LogP contribution in [0.4, 0.5) is 10.2 Å². The smallest absolute Gasteiger partial charge is 0.222 e. The van der Waals surface area contributed by atoms with Crippen molar-refractivity contribution < 1.29 is 13.9 Å². The molecule has 1 atom stereocenters. The number of amides is 1. The summed E-state index contributed by atoms with van der Waals surface area (Å²) in [6, 6.07) is 10.6. The van der Waals surface area contributed by atoms with Gasteiger partial charge in [-0.2, -0.15) is 0 Å². The first-order valence-corrected chi connectivity index (χ1v) is 13.0. The number of carbonyl (C=O) groups excluding carboxylic acids is 1. The number of nitrogen functional groups attached to an aromatic ring is 1. The van der Waals surface area contributed by atoms with E-state index in [4.69, 9.17) is 33.7 Å². The molecule has 192 valence electrons. The number of hydrogen-bond acceptors (Lipinski definition) is 4. The van der Waals surface area contributed by atoms with Crippen LogP contribution in [0.15, 0.2) is 42.6 Å². The van der Waals surface area contributed by atoms with E-state index in [0.29, 0.717) is 29.3 Å². The van der Waals surface area contributed by atoms with Gasteiger partial charge in [-0.05, 0) is 49.2 Å². The fourth-order valence-corrected chi connectivity index (χ4v) is 5.53. The Morgan fingerprint density at radius 1 is 1.24 bits per heavy atom. The highest BCUT2D eigenvalue weighted by Crippen LogP contribution is 2.38. The predicted octanol–water partition coefficient (Wildman–Crippen LogP) is 7.08. The molecule has 9 heteroatoms. The van der Waals surface area contributed by atoms with Crippen LogP contribution >= 0.6 is 23.2 Å². The largest absolute Gasteiger partial charge is 0.482 e. The van der Waals surface area contributed by atoms with Crippen LogP contribution < -0.4 is 10.5 Å². The molecule has 37 heavy (non-hydrogen) atoms. The Bertz CT molecular complexity index is 1500. The number of aromatic nitrogens is 2. The van der Waals surface area contributed by atoms with Gasteiger partial charge in [0, 0.05) is 70.4 Å². The number of carbonyl (C=O) groups is 1. The van der Waals surface area contributed by atoms with E-state index in [9.17, 15) is 9.18 Å². The average molecular weight is 541 g/mol. The molecule has 1 aliphatic rings. The first-order chi connectivity index (χ1) is 17.8. The lowest BCUT2D eigenvalue weighted by Crippen LogP contribution is -2.35. The number of H-pyrrole nitrogens is 1. The SMILES string of the molecule is CCCC(=O)N1CCc2[nH]c3ccc(-c4cnc(N)c(O[C@H](C)c5c(Cl)ccc(F)c5Cl)c4)cc3c2C1. The average Bonchev–Trinajstić information content (AvgIpc) is 3.25. The monoisotopic (exact) mass is 540 g/mol. The summed E-state index contributed by atoms with van der Waals surface area (Å²) in [7, 11) is 0. The fourth-order valence-electron chi connectivity index (χ4n) is 4.85. The van der Waals surface area contributed by atoms with Gasteiger partial charge in [-0.3, -0.25) is 4.79 Å². The number of benzene rings is 2. The molecule has 0 aliphatic carbocycles. The number of fused-ring (bicyclic) bond motifs is 3. The highest BCUT2D eigenvalue weighted by molar-refractivity contribution is 6.36.